The molecule has 15 heavy (non-hydrogen) atoms. The van der Waals surface area contributed by atoms with Crippen molar-refractivity contribution in [2.24, 2.45) is 0 Å². The quantitative estimate of drug-likeness (QED) is 0.765. The molecule has 0 unspecified atom stereocenters. The highest BCUT2D eigenvalue weighted by Crippen LogP contribution is 2.34. The largest absolute Gasteiger partial charge is 0.384 e. The molecular weight excluding hydrogens is 202 g/mol. The lowest BCUT2D eigenvalue weighted by Crippen LogP contribution is -1.90. The standard InChI is InChI=1S/C13H13NS/c1-9-7-10(8-15-9)11-3-2-4-13-12(11)5-6-14-13/h2-4,7-8,14H,5-6H2,1H3. The molecule has 0 amide bonds. The predicted octanol–water partition coefficient (Wildman–Crippen LogP) is 3.69. The SMILES string of the molecule is Cc1cc(-c2cccc3c2CCN3)cs1. The Hall–Kier alpha value is -1.28. The number of aryl methyl sites for hydroxylation is 1. The maximum atomic E-state index is 3.42. The molecule has 76 valence electrons. The van der Waals surface area contributed by atoms with Crippen LogP contribution in [-0.4, -0.2) is 6.54 Å². The molecular formula is C13H13NS. The van der Waals surface area contributed by atoms with Crippen molar-refractivity contribution in [3.05, 3.63) is 40.1 Å². The Morgan fingerprint density at radius 3 is 3.07 bits per heavy atom. The summed E-state index contributed by atoms with van der Waals surface area (Å²) < 4.78 is 0. The Morgan fingerprint density at radius 1 is 1.33 bits per heavy atom. The Balaban J connectivity index is 2.16. The van der Waals surface area contributed by atoms with Crippen LogP contribution in [0.25, 0.3) is 11.1 Å². The molecule has 1 aliphatic heterocycles. The van der Waals surface area contributed by atoms with Gasteiger partial charge in [0.1, 0.15) is 0 Å². The first-order valence-corrected chi connectivity index (χ1v) is 6.14. The van der Waals surface area contributed by atoms with Crippen molar-refractivity contribution >= 4 is 17.0 Å². The van der Waals surface area contributed by atoms with Gasteiger partial charge in [-0.15, -0.1) is 11.3 Å². The average Bonchev–Trinajstić information content (AvgIpc) is 2.84. The minimum absolute atomic E-state index is 1.08. The molecule has 1 aliphatic rings. The van der Waals surface area contributed by atoms with Crippen molar-refractivity contribution in [1.29, 1.82) is 0 Å². The minimum Gasteiger partial charge on any atom is -0.384 e. The first-order valence-electron chi connectivity index (χ1n) is 5.26. The Morgan fingerprint density at radius 2 is 2.27 bits per heavy atom. The summed E-state index contributed by atoms with van der Waals surface area (Å²) in [5, 5.41) is 5.67. The molecule has 0 radical (unpaired) electrons. The van der Waals surface area contributed by atoms with Crippen molar-refractivity contribution in [2.45, 2.75) is 13.3 Å². The summed E-state index contributed by atoms with van der Waals surface area (Å²) in [5.74, 6) is 0. The van der Waals surface area contributed by atoms with E-state index in [1.807, 2.05) is 11.3 Å². The van der Waals surface area contributed by atoms with Gasteiger partial charge in [-0.2, -0.15) is 0 Å². The fraction of sp³-hybridized carbons (Fsp3) is 0.231. The number of hydrogen-bond donors (Lipinski definition) is 1. The monoisotopic (exact) mass is 215 g/mol. The fourth-order valence-electron chi connectivity index (χ4n) is 2.20. The topological polar surface area (TPSA) is 12.0 Å². The van der Waals surface area contributed by atoms with Gasteiger partial charge in [-0.1, -0.05) is 12.1 Å². The second-order valence-corrected chi connectivity index (χ2v) is 5.07. The molecule has 0 aliphatic carbocycles. The van der Waals surface area contributed by atoms with Crippen molar-refractivity contribution in [3.63, 3.8) is 0 Å². The maximum absolute atomic E-state index is 3.42. The van der Waals surface area contributed by atoms with E-state index >= 15 is 0 Å². The van der Waals surface area contributed by atoms with Gasteiger partial charge in [0.05, 0.1) is 0 Å². The molecule has 2 aromatic rings. The fourth-order valence-corrected chi connectivity index (χ4v) is 2.90. The second kappa shape index (κ2) is 3.38. The number of rotatable bonds is 1. The van der Waals surface area contributed by atoms with E-state index in [1.54, 1.807) is 0 Å². The van der Waals surface area contributed by atoms with E-state index in [2.05, 4.69) is 41.9 Å². The summed E-state index contributed by atoms with van der Waals surface area (Å²) in [5.41, 5.74) is 5.58. The van der Waals surface area contributed by atoms with E-state index in [0.29, 0.717) is 0 Å². The van der Waals surface area contributed by atoms with E-state index < -0.39 is 0 Å². The van der Waals surface area contributed by atoms with Crippen LogP contribution in [0, 0.1) is 6.92 Å². The smallest absolute Gasteiger partial charge is 0.0379 e. The van der Waals surface area contributed by atoms with Gasteiger partial charge in [0.25, 0.3) is 0 Å². The third-order valence-corrected chi connectivity index (χ3v) is 3.77. The highest BCUT2D eigenvalue weighted by atomic mass is 32.1. The van der Waals surface area contributed by atoms with Crippen LogP contribution in [0.15, 0.2) is 29.6 Å². The number of hydrogen-bond acceptors (Lipinski definition) is 2. The van der Waals surface area contributed by atoms with Crippen LogP contribution in [0.5, 0.6) is 0 Å². The third kappa shape index (κ3) is 1.45. The van der Waals surface area contributed by atoms with Gasteiger partial charge in [-0.25, -0.2) is 0 Å². The molecule has 0 fully saturated rings. The maximum Gasteiger partial charge on any atom is 0.0379 e. The molecule has 0 saturated heterocycles. The second-order valence-electron chi connectivity index (χ2n) is 3.95. The van der Waals surface area contributed by atoms with Gasteiger partial charge >= 0.3 is 0 Å². The lowest BCUT2D eigenvalue weighted by atomic mass is 10.00. The van der Waals surface area contributed by atoms with Crippen LogP contribution >= 0.6 is 11.3 Å². The number of thiophene rings is 1. The molecule has 0 spiro atoms. The summed E-state index contributed by atoms with van der Waals surface area (Å²) in [6.45, 7) is 3.24. The Bertz CT molecular complexity index is 499. The van der Waals surface area contributed by atoms with Crippen molar-refractivity contribution in [2.75, 3.05) is 11.9 Å². The van der Waals surface area contributed by atoms with Crippen LogP contribution in [0.4, 0.5) is 5.69 Å². The minimum atomic E-state index is 1.08. The van der Waals surface area contributed by atoms with Crippen molar-refractivity contribution in [3.8, 4) is 11.1 Å². The van der Waals surface area contributed by atoms with E-state index in [1.165, 1.54) is 27.3 Å². The molecule has 2 heteroatoms. The number of nitrogens with one attached hydrogen (secondary N) is 1. The van der Waals surface area contributed by atoms with Gasteiger partial charge in [0.15, 0.2) is 0 Å². The summed E-state index contributed by atoms with van der Waals surface area (Å²) >= 11 is 1.82. The molecule has 1 aromatic carbocycles. The molecule has 1 N–H and O–H groups in total. The van der Waals surface area contributed by atoms with Gasteiger partial charge in [0.2, 0.25) is 0 Å². The number of anilines is 1. The summed E-state index contributed by atoms with van der Waals surface area (Å²) in [4.78, 5) is 1.38. The molecule has 3 rings (SSSR count). The van der Waals surface area contributed by atoms with Gasteiger partial charge in [-0.3, -0.25) is 0 Å². The van der Waals surface area contributed by atoms with E-state index in [4.69, 9.17) is 0 Å². The Labute approximate surface area is 93.8 Å². The summed E-state index contributed by atoms with van der Waals surface area (Å²) in [6, 6.07) is 8.82. The van der Waals surface area contributed by atoms with Gasteiger partial charge in [0, 0.05) is 17.1 Å². The average molecular weight is 215 g/mol. The van der Waals surface area contributed by atoms with E-state index in [-0.39, 0.29) is 0 Å². The molecule has 1 aromatic heterocycles. The lowest BCUT2D eigenvalue weighted by molar-refractivity contribution is 1.11. The Kier molecular flexibility index (Phi) is 2.03. The predicted molar refractivity (Wildman–Crippen MR) is 66.7 cm³/mol. The zero-order valence-electron chi connectivity index (χ0n) is 8.71. The van der Waals surface area contributed by atoms with E-state index in [0.717, 1.165) is 13.0 Å². The lowest BCUT2D eigenvalue weighted by Gasteiger charge is -2.05. The zero-order chi connectivity index (χ0) is 10.3. The van der Waals surface area contributed by atoms with E-state index in [9.17, 15) is 0 Å². The number of benzene rings is 1. The van der Waals surface area contributed by atoms with Crippen LogP contribution in [-0.2, 0) is 6.42 Å². The highest BCUT2D eigenvalue weighted by molar-refractivity contribution is 7.10. The highest BCUT2D eigenvalue weighted by Gasteiger charge is 2.14. The summed E-state index contributed by atoms with van der Waals surface area (Å²) in [6.07, 6.45) is 1.15. The molecule has 0 atom stereocenters. The zero-order valence-corrected chi connectivity index (χ0v) is 9.53. The van der Waals surface area contributed by atoms with Crippen LogP contribution in [0.2, 0.25) is 0 Å². The normalized spacial score (nSPS) is 13.7. The summed E-state index contributed by atoms with van der Waals surface area (Å²) in [7, 11) is 0. The number of fused-ring (bicyclic) bond motifs is 1. The van der Waals surface area contributed by atoms with Crippen LogP contribution < -0.4 is 5.32 Å². The van der Waals surface area contributed by atoms with Crippen molar-refractivity contribution in [1.82, 2.24) is 0 Å². The molecule has 2 heterocycles. The first kappa shape index (κ1) is 8.98. The van der Waals surface area contributed by atoms with Crippen LogP contribution in [0.3, 0.4) is 0 Å². The molecule has 1 nitrogen and oxygen atoms in total. The van der Waals surface area contributed by atoms with Gasteiger partial charge in [-0.05, 0) is 47.5 Å². The van der Waals surface area contributed by atoms with Crippen LogP contribution in [0.1, 0.15) is 10.4 Å². The van der Waals surface area contributed by atoms with Gasteiger partial charge < -0.3 is 5.32 Å². The molecule has 0 bridgehead atoms. The third-order valence-electron chi connectivity index (χ3n) is 2.91. The first-order chi connectivity index (χ1) is 7.34. The van der Waals surface area contributed by atoms with Crippen molar-refractivity contribution < 1.29 is 0 Å². The molecule has 0 saturated carbocycles.